The molecule has 23 heavy (non-hydrogen) atoms. The molecular formula is C18H17N3OS. The molecule has 0 spiro atoms. The van der Waals surface area contributed by atoms with Crippen LogP contribution in [0.25, 0.3) is 11.0 Å². The fraction of sp³-hybridized carbons (Fsp3) is 0.167. The lowest BCUT2D eigenvalue weighted by Crippen LogP contribution is -2.42. The number of aromatic amines is 1. The van der Waals surface area contributed by atoms with Gasteiger partial charge in [-0.3, -0.25) is 0 Å². The first-order valence-corrected chi connectivity index (χ1v) is 8.46. The highest BCUT2D eigenvalue weighted by Gasteiger charge is 2.43. The van der Waals surface area contributed by atoms with Crippen LogP contribution in [0.1, 0.15) is 11.4 Å². The maximum atomic E-state index is 11.2. The number of fused-ring (bicyclic) bond motifs is 1. The first-order chi connectivity index (χ1) is 11.2. The van der Waals surface area contributed by atoms with Crippen LogP contribution in [-0.2, 0) is 12.3 Å². The second kappa shape index (κ2) is 5.44. The summed E-state index contributed by atoms with van der Waals surface area (Å²) in [4.78, 5) is 9.85. The smallest absolute Gasteiger partial charge is 0.174 e. The number of benzene rings is 2. The fourth-order valence-corrected chi connectivity index (χ4v) is 4.00. The molecule has 0 saturated carbocycles. The van der Waals surface area contributed by atoms with Crippen LogP contribution < -0.4 is 0 Å². The van der Waals surface area contributed by atoms with Gasteiger partial charge < -0.3 is 15.0 Å². The predicted molar refractivity (Wildman–Crippen MR) is 93.6 cm³/mol. The summed E-state index contributed by atoms with van der Waals surface area (Å²) in [6.07, 6.45) is 0. The average molecular weight is 323 g/mol. The number of hydrogen-bond acceptors (Lipinski definition) is 4. The number of rotatable bonds is 3. The highest BCUT2D eigenvalue weighted by molar-refractivity contribution is 8.03. The van der Waals surface area contributed by atoms with Gasteiger partial charge in [0.2, 0.25) is 0 Å². The van der Waals surface area contributed by atoms with E-state index < -0.39 is 5.72 Å². The van der Waals surface area contributed by atoms with E-state index in [-0.39, 0.29) is 0 Å². The monoisotopic (exact) mass is 323 g/mol. The molecule has 0 aliphatic carbocycles. The molecular weight excluding hydrogens is 306 g/mol. The number of aliphatic hydroxyl groups is 1. The largest absolute Gasteiger partial charge is 0.366 e. The summed E-state index contributed by atoms with van der Waals surface area (Å²) < 4.78 is 0. The summed E-state index contributed by atoms with van der Waals surface area (Å²) in [6, 6.07) is 17.7. The zero-order valence-electron chi connectivity index (χ0n) is 12.6. The van der Waals surface area contributed by atoms with Gasteiger partial charge in [-0.25, -0.2) is 4.98 Å². The van der Waals surface area contributed by atoms with Crippen LogP contribution in [0.5, 0.6) is 0 Å². The summed E-state index contributed by atoms with van der Waals surface area (Å²) in [5.41, 5.74) is 1.76. The minimum Gasteiger partial charge on any atom is -0.366 e. The Hall–Kier alpha value is -2.24. The Labute approximate surface area is 138 Å². The van der Waals surface area contributed by atoms with Crippen molar-refractivity contribution in [2.24, 2.45) is 0 Å². The molecule has 2 aromatic carbocycles. The predicted octanol–water partition coefficient (Wildman–Crippen LogP) is 3.43. The molecule has 0 radical (unpaired) electrons. The third-order valence-electron chi connectivity index (χ3n) is 4.17. The van der Waals surface area contributed by atoms with E-state index in [0.29, 0.717) is 12.3 Å². The lowest BCUT2D eigenvalue weighted by atomic mass is 10.0. The molecule has 4 rings (SSSR count). The van der Waals surface area contributed by atoms with Gasteiger partial charge in [0.05, 0.1) is 28.4 Å². The van der Waals surface area contributed by atoms with Gasteiger partial charge in [0.1, 0.15) is 5.82 Å². The number of para-hydroxylation sites is 2. The van der Waals surface area contributed by atoms with E-state index in [9.17, 15) is 5.11 Å². The van der Waals surface area contributed by atoms with Crippen molar-refractivity contribution in [1.82, 2.24) is 14.9 Å². The van der Waals surface area contributed by atoms with Crippen LogP contribution in [0.3, 0.4) is 0 Å². The van der Waals surface area contributed by atoms with Crippen LogP contribution in [0.15, 0.2) is 66.2 Å². The van der Waals surface area contributed by atoms with Crippen molar-refractivity contribution in [2.45, 2.75) is 12.3 Å². The number of thioether (sulfide) groups is 1. The zero-order valence-corrected chi connectivity index (χ0v) is 13.4. The Bertz CT molecular complexity index is 828. The van der Waals surface area contributed by atoms with Gasteiger partial charge in [-0.05, 0) is 12.1 Å². The number of aromatic nitrogens is 2. The van der Waals surface area contributed by atoms with Gasteiger partial charge in [-0.1, -0.05) is 49.0 Å². The quantitative estimate of drug-likeness (QED) is 0.775. The van der Waals surface area contributed by atoms with Gasteiger partial charge in [0.15, 0.2) is 5.72 Å². The van der Waals surface area contributed by atoms with Crippen LogP contribution >= 0.6 is 11.8 Å². The molecule has 1 fully saturated rings. The van der Waals surface area contributed by atoms with Crippen molar-refractivity contribution in [3.63, 3.8) is 0 Å². The fourth-order valence-electron chi connectivity index (χ4n) is 2.94. The molecule has 5 heteroatoms. The molecule has 4 nitrogen and oxygen atoms in total. The zero-order chi connectivity index (χ0) is 15.9. The molecule has 0 bridgehead atoms. The number of H-pyrrole nitrogens is 1. The summed E-state index contributed by atoms with van der Waals surface area (Å²) in [5.74, 6) is 1.39. The van der Waals surface area contributed by atoms with Crippen LogP contribution in [0.4, 0.5) is 0 Å². The first-order valence-electron chi connectivity index (χ1n) is 7.48. The average Bonchev–Trinajstić information content (AvgIpc) is 3.12. The van der Waals surface area contributed by atoms with E-state index in [1.807, 2.05) is 59.5 Å². The molecule has 1 aromatic heterocycles. The molecule has 2 N–H and O–H groups in total. The lowest BCUT2D eigenvalue weighted by Gasteiger charge is -2.34. The standard InChI is InChI=1S/C18H17N3OS/c1-13-21(11-17-19-15-9-5-6-10-16(15)20-17)18(22,12-23-13)14-7-3-2-4-8-14/h2-10,22H,1,11-12H2,(H,19,20). The van der Waals surface area contributed by atoms with Crippen molar-refractivity contribution < 1.29 is 5.11 Å². The van der Waals surface area contributed by atoms with Crippen LogP contribution in [-0.4, -0.2) is 25.7 Å². The van der Waals surface area contributed by atoms with E-state index in [4.69, 9.17) is 0 Å². The van der Waals surface area contributed by atoms with Crippen molar-refractivity contribution in [2.75, 3.05) is 5.75 Å². The van der Waals surface area contributed by atoms with E-state index in [0.717, 1.165) is 27.5 Å². The van der Waals surface area contributed by atoms with Crippen LogP contribution in [0, 0.1) is 0 Å². The van der Waals surface area contributed by atoms with E-state index in [1.54, 1.807) is 11.8 Å². The second-order valence-corrected chi connectivity index (χ2v) is 6.70. The van der Waals surface area contributed by atoms with Crippen LogP contribution in [0.2, 0.25) is 0 Å². The molecule has 3 aromatic rings. The van der Waals surface area contributed by atoms with E-state index in [1.165, 1.54) is 0 Å². The van der Waals surface area contributed by atoms with Gasteiger partial charge >= 0.3 is 0 Å². The molecule has 1 aliphatic heterocycles. The molecule has 0 amide bonds. The maximum Gasteiger partial charge on any atom is 0.174 e. The summed E-state index contributed by atoms with van der Waals surface area (Å²) >= 11 is 1.57. The lowest BCUT2D eigenvalue weighted by molar-refractivity contribution is -0.0691. The Balaban J connectivity index is 1.69. The van der Waals surface area contributed by atoms with Crippen molar-refractivity contribution in [3.8, 4) is 0 Å². The third-order valence-corrected chi connectivity index (χ3v) is 5.27. The third kappa shape index (κ3) is 2.42. The number of hydrogen-bond donors (Lipinski definition) is 2. The van der Waals surface area contributed by atoms with Gasteiger partial charge in [-0.2, -0.15) is 0 Å². The van der Waals surface area contributed by atoms with Crippen molar-refractivity contribution in [1.29, 1.82) is 0 Å². The van der Waals surface area contributed by atoms with Gasteiger partial charge in [0.25, 0.3) is 0 Å². The Kier molecular flexibility index (Phi) is 3.39. The Morgan fingerprint density at radius 1 is 1.17 bits per heavy atom. The number of nitrogens with zero attached hydrogens (tertiary/aromatic N) is 2. The van der Waals surface area contributed by atoms with Crippen molar-refractivity contribution in [3.05, 3.63) is 77.6 Å². The highest BCUT2D eigenvalue weighted by Crippen LogP contribution is 2.44. The molecule has 1 unspecified atom stereocenters. The molecule has 1 atom stereocenters. The molecule has 116 valence electrons. The summed E-state index contributed by atoms with van der Waals surface area (Å²) in [7, 11) is 0. The SMILES string of the molecule is C=C1SCC(O)(c2ccccc2)N1Cc1nc2ccccc2[nH]1. The molecule has 1 saturated heterocycles. The Morgan fingerprint density at radius 2 is 1.91 bits per heavy atom. The number of imidazole rings is 1. The maximum absolute atomic E-state index is 11.2. The highest BCUT2D eigenvalue weighted by atomic mass is 32.2. The second-order valence-electron chi connectivity index (χ2n) is 5.65. The van der Waals surface area contributed by atoms with Gasteiger partial charge in [0, 0.05) is 5.56 Å². The minimum absolute atomic E-state index is 0.492. The number of nitrogens with one attached hydrogen (secondary N) is 1. The van der Waals surface area contributed by atoms with Crippen molar-refractivity contribution >= 4 is 22.8 Å². The topological polar surface area (TPSA) is 52.1 Å². The molecule has 2 heterocycles. The molecule has 1 aliphatic rings. The first kappa shape index (κ1) is 14.4. The summed E-state index contributed by atoms with van der Waals surface area (Å²) in [5, 5.41) is 12.1. The van der Waals surface area contributed by atoms with E-state index in [2.05, 4.69) is 16.5 Å². The van der Waals surface area contributed by atoms with Gasteiger partial charge in [-0.15, -0.1) is 11.8 Å². The normalized spacial score (nSPS) is 21.3. The minimum atomic E-state index is -1.05. The van der Waals surface area contributed by atoms with E-state index >= 15 is 0 Å². The summed E-state index contributed by atoms with van der Waals surface area (Å²) in [6.45, 7) is 4.59. The Morgan fingerprint density at radius 3 is 2.70 bits per heavy atom.